The molecule has 1 heterocycles. The minimum absolute atomic E-state index is 0. The van der Waals surface area contributed by atoms with Crippen LogP contribution < -0.4 is 10.6 Å². The van der Waals surface area contributed by atoms with Crippen molar-refractivity contribution in [3.05, 3.63) is 0 Å². The van der Waals surface area contributed by atoms with Crippen molar-refractivity contribution < 1.29 is 13.2 Å². The van der Waals surface area contributed by atoms with E-state index < -0.39 is 12.6 Å². The van der Waals surface area contributed by atoms with Gasteiger partial charge in [0.2, 0.25) is 0 Å². The molecule has 1 saturated heterocycles. The summed E-state index contributed by atoms with van der Waals surface area (Å²) in [5.41, 5.74) is 0. The number of piperidine rings is 1. The lowest BCUT2D eigenvalue weighted by Crippen LogP contribution is -2.46. The van der Waals surface area contributed by atoms with Crippen molar-refractivity contribution in [3.63, 3.8) is 0 Å². The molecule has 0 aromatic heterocycles. The minimum Gasteiger partial charge on any atom is -0.356 e. The molecule has 0 radical (unpaired) electrons. The smallest absolute Gasteiger partial charge is 0.356 e. The van der Waals surface area contributed by atoms with Gasteiger partial charge in [-0.15, -0.1) is 24.0 Å². The predicted molar refractivity (Wildman–Crippen MR) is 94.9 cm³/mol. The van der Waals surface area contributed by atoms with Crippen molar-refractivity contribution in [1.82, 2.24) is 15.5 Å². The number of rotatable bonds is 5. The molecule has 132 valence electrons. The number of nitrogens with one attached hydrogen (secondary N) is 2. The second-order valence-corrected chi connectivity index (χ2v) is 5.84. The molecule has 22 heavy (non-hydrogen) atoms. The summed E-state index contributed by atoms with van der Waals surface area (Å²) in [7, 11) is 1.57. The van der Waals surface area contributed by atoms with Gasteiger partial charge in [-0.3, -0.25) is 4.99 Å². The van der Waals surface area contributed by atoms with Crippen LogP contribution in [0.1, 0.15) is 33.1 Å². The average Bonchev–Trinajstić information content (AvgIpc) is 2.41. The Kier molecular flexibility index (Phi) is 10.4. The van der Waals surface area contributed by atoms with Crippen molar-refractivity contribution in [2.75, 3.05) is 33.2 Å². The summed E-state index contributed by atoms with van der Waals surface area (Å²) >= 11 is 0. The van der Waals surface area contributed by atoms with Crippen molar-refractivity contribution in [2.45, 2.75) is 45.3 Å². The zero-order valence-corrected chi connectivity index (χ0v) is 15.9. The molecule has 1 aliphatic rings. The van der Waals surface area contributed by atoms with E-state index in [1.54, 1.807) is 7.05 Å². The van der Waals surface area contributed by atoms with Gasteiger partial charge in [-0.05, 0) is 39.2 Å². The molecule has 1 aliphatic heterocycles. The number of aliphatic imine (C=N–C) groups is 1. The van der Waals surface area contributed by atoms with Crippen LogP contribution >= 0.6 is 24.0 Å². The Hall–Kier alpha value is -0.250. The SMILES string of the molecule is CN=C(NCCC(F)(F)F)NCC1CCCN(C(C)C)C1.I. The fourth-order valence-corrected chi connectivity index (χ4v) is 2.52. The minimum atomic E-state index is -4.13. The van der Waals surface area contributed by atoms with Crippen LogP contribution in [0.5, 0.6) is 0 Å². The first kappa shape index (κ1) is 21.8. The fraction of sp³-hybridized carbons (Fsp3) is 0.929. The molecule has 4 nitrogen and oxygen atoms in total. The molecule has 1 rings (SSSR count). The third kappa shape index (κ3) is 9.02. The first-order valence-electron chi connectivity index (χ1n) is 7.57. The largest absolute Gasteiger partial charge is 0.390 e. The Morgan fingerprint density at radius 2 is 2.00 bits per heavy atom. The molecule has 2 N–H and O–H groups in total. The molecule has 0 bridgehead atoms. The van der Waals surface area contributed by atoms with Gasteiger partial charge in [0.1, 0.15) is 0 Å². The van der Waals surface area contributed by atoms with Gasteiger partial charge < -0.3 is 15.5 Å². The van der Waals surface area contributed by atoms with Gasteiger partial charge in [-0.25, -0.2) is 0 Å². The molecule has 1 atom stereocenters. The summed E-state index contributed by atoms with van der Waals surface area (Å²) in [4.78, 5) is 6.40. The maximum atomic E-state index is 12.1. The monoisotopic (exact) mass is 436 g/mol. The van der Waals surface area contributed by atoms with Crippen LogP contribution in [-0.2, 0) is 0 Å². The van der Waals surface area contributed by atoms with Crippen molar-refractivity contribution in [3.8, 4) is 0 Å². The van der Waals surface area contributed by atoms with Gasteiger partial charge in [0.05, 0.1) is 6.42 Å². The number of hydrogen-bond acceptors (Lipinski definition) is 2. The molecule has 0 amide bonds. The Balaban J connectivity index is 0.00000441. The first-order valence-corrected chi connectivity index (χ1v) is 7.57. The van der Waals surface area contributed by atoms with E-state index in [4.69, 9.17) is 0 Å². The normalized spacial score (nSPS) is 20.7. The number of nitrogens with zero attached hydrogens (tertiary/aromatic N) is 2. The van der Waals surface area contributed by atoms with Gasteiger partial charge in [-0.1, -0.05) is 0 Å². The van der Waals surface area contributed by atoms with Crippen LogP contribution in [0.2, 0.25) is 0 Å². The van der Waals surface area contributed by atoms with E-state index >= 15 is 0 Å². The van der Waals surface area contributed by atoms with Gasteiger partial charge in [0, 0.05) is 32.7 Å². The molecule has 0 saturated carbocycles. The van der Waals surface area contributed by atoms with Gasteiger partial charge in [-0.2, -0.15) is 13.2 Å². The second kappa shape index (κ2) is 10.5. The molecular weight excluding hydrogens is 408 g/mol. The number of hydrogen-bond donors (Lipinski definition) is 2. The molecule has 0 spiro atoms. The molecule has 0 aromatic carbocycles. The summed E-state index contributed by atoms with van der Waals surface area (Å²) in [6.45, 7) is 7.14. The van der Waals surface area contributed by atoms with Crippen LogP contribution in [0.25, 0.3) is 0 Å². The zero-order valence-electron chi connectivity index (χ0n) is 13.5. The second-order valence-electron chi connectivity index (χ2n) is 5.84. The topological polar surface area (TPSA) is 39.7 Å². The highest BCUT2D eigenvalue weighted by atomic mass is 127. The Bertz CT molecular complexity index is 335. The molecule has 0 aliphatic carbocycles. The quantitative estimate of drug-likeness (QED) is 0.396. The van der Waals surface area contributed by atoms with Crippen LogP contribution in [0.15, 0.2) is 4.99 Å². The number of alkyl halides is 3. The predicted octanol–water partition coefficient (Wildman–Crippen LogP) is 2.84. The van der Waals surface area contributed by atoms with Gasteiger partial charge in [0.25, 0.3) is 0 Å². The standard InChI is InChI=1S/C14H27F3N4.HI/c1-11(2)21-8-4-5-12(10-21)9-20-13(18-3)19-7-6-14(15,16)17;/h11-12H,4-10H2,1-3H3,(H2,18,19,20);1H. The van der Waals surface area contributed by atoms with E-state index in [-0.39, 0.29) is 30.5 Å². The van der Waals surface area contributed by atoms with E-state index in [2.05, 4.69) is 34.4 Å². The van der Waals surface area contributed by atoms with Crippen LogP contribution in [-0.4, -0.2) is 56.3 Å². The lowest BCUT2D eigenvalue weighted by Gasteiger charge is -2.35. The number of halogens is 4. The Morgan fingerprint density at radius 3 is 2.55 bits per heavy atom. The highest BCUT2D eigenvalue weighted by Crippen LogP contribution is 2.18. The average molecular weight is 436 g/mol. The summed E-state index contributed by atoms with van der Waals surface area (Å²) in [6.07, 6.45) is -2.66. The number of guanidine groups is 1. The third-order valence-electron chi connectivity index (χ3n) is 3.76. The van der Waals surface area contributed by atoms with E-state index in [0.717, 1.165) is 26.1 Å². The van der Waals surface area contributed by atoms with Crippen molar-refractivity contribution in [2.24, 2.45) is 10.9 Å². The lowest BCUT2D eigenvalue weighted by atomic mass is 9.97. The van der Waals surface area contributed by atoms with E-state index in [0.29, 0.717) is 17.9 Å². The first-order chi connectivity index (χ1) is 9.81. The van der Waals surface area contributed by atoms with E-state index in [1.165, 1.54) is 6.42 Å². The highest BCUT2D eigenvalue weighted by molar-refractivity contribution is 14.0. The van der Waals surface area contributed by atoms with Gasteiger partial charge in [0.15, 0.2) is 5.96 Å². The van der Waals surface area contributed by atoms with Crippen molar-refractivity contribution >= 4 is 29.9 Å². The zero-order chi connectivity index (χ0) is 15.9. The maximum absolute atomic E-state index is 12.1. The molecular formula is C14H28F3IN4. The molecule has 1 unspecified atom stereocenters. The van der Waals surface area contributed by atoms with Crippen LogP contribution in [0.3, 0.4) is 0 Å². The number of likely N-dealkylation sites (tertiary alicyclic amines) is 1. The van der Waals surface area contributed by atoms with E-state index in [1.807, 2.05) is 0 Å². The molecule has 1 fully saturated rings. The van der Waals surface area contributed by atoms with Crippen molar-refractivity contribution in [1.29, 1.82) is 0 Å². The molecule has 8 heteroatoms. The van der Waals surface area contributed by atoms with Crippen LogP contribution in [0, 0.1) is 5.92 Å². The Morgan fingerprint density at radius 1 is 1.32 bits per heavy atom. The summed E-state index contributed by atoms with van der Waals surface area (Å²) in [5, 5.41) is 5.83. The summed E-state index contributed by atoms with van der Waals surface area (Å²) in [5.74, 6) is 0.961. The van der Waals surface area contributed by atoms with Gasteiger partial charge >= 0.3 is 6.18 Å². The maximum Gasteiger partial charge on any atom is 0.390 e. The van der Waals surface area contributed by atoms with Crippen LogP contribution in [0.4, 0.5) is 13.2 Å². The lowest BCUT2D eigenvalue weighted by molar-refractivity contribution is -0.132. The fourth-order valence-electron chi connectivity index (χ4n) is 2.52. The highest BCUT2D eigenvalue weighted by Gasteiger charge is 2.26. The third-order valence-corrected chi connectivity index (χ3v) is 3.76. The summed E-state index contributed by atoms with van der Waals surface area (Å²) in [6, 6.07) is 0.539. The molecule has 0 aromatic rings. The Labute approximate surface area is 148 Å². The van der Waals surface area contributed by atoms with E-state index in [9.17, 15) is 13.2 Å². The summed E-state index contributed by atoms with van der Waals surface area (Å²) < 4.78 is 36.3.